The van der Waals surface area contributed by atoms with Crippen LogP contribution in [0.15, 0.2) is 34.7 Å². The Morgan fingerprint density at radius 2 is 1.25 bits per heavy atom. The average molecular weight is 628 g/mol. The normalized spacial score (nSPS) is 32.5. The molecule has 5 rings (SSSR count). The van der Waals surface area contributed by atoms with Crippen LogP contribution in [0.25, 0.3) is 22.3 Å². The van der Waals surface area contributed by atoms with Gasteiger partial charge in [0.2, 0.25) is 12.0 Å². The molecule has 2 aromatic carbocycles. The van der Waals surface area contributed by atoms with Crippen LogP contribution < -0.4 is 4.74 Å². The Balaban J connectivity index is 1.45. The molecule has 0 amide bonds. The number of fused-ring (bicyclic) bond motifs is 1. The Labute approximate surface area is 246 Å². The number of benzene rings is 2. The van der Waals surface area contributed by atoms with E-state index in [-0.39, 0.29) is 33.8 Å². The van der Waals surface area contributed by atoms with Crippen molar-refractivity contribution >= 4 is 11.0 Å². The summed E-state index contributed by atoms with van der Waals surface area (Å²) in [5.41, 5.74) is -0.186. The lowest BCUT2D eigenvalue weighted by Gasteiger charge is -2.42. The van der Waals surface area contributed by atoms with E-state index < -0.39 is 97.6 Å². The van der Waals surface area contributed by atoms with Crippen molar-refractivity contribution in [2.45, 2.75) is 61.4 Å². The molecular formula is C27H31O17+. The fourth-order valence-electron chi connectivity index (χ4n) is 4.88. The van der Waals surface area contributed by atoms with Gasteiger partial charge < -0.3 is 80.2 Å². The number of aromatic hydroxyl groups is 5. The van der Waals surface area contributed by atoms with E-state index >= 15 is 0 Å². The largest absolute Gasteiger partial charge is 0.507 e. The highest BCUT2D eigenvalue weighted by atomic mass is 16.7. The topological polar surface area (TPSA) is 291 Å². The van der Waals surface area contributed by atoms with Crippen molar-refractivity contribution in [2.75, 3.05) is 13.2 Å². The lowest BCUT2D eigenvalue weighted by molar-refractivity contribution is -0.323. The first-order valence-corrected chi connectivity index (χ1v) is 13.2. The number of phenolic OH excluding ortho intramolecular Hbond substituents is 5. The molecule has 0 aliphatic carbocycles. The molecule has 10 atom stereocenters. The smallest absolute Gasteiger partial charge is 0.402 e. The SMILES string of the molecule is OC[C@H]1O[C@@H](OC[C@H]2O[C@@H](Oc3cc4c(O)cc(O)cc4[o+]c3-c3cc(O)c(O)c(O)c3)[C@H](O)[C@@H](O)[C@@H]2O)[C@H](O)[C@@H](O)[C@@H]1O. The second-order valence-electron chi connectivity index (χ2n) is 10.3. The van der Waals surface area contributed by atoms with Crippen molar-refractivity contribution in [3.63, 3.8) is 0 Å². The molecule has 0 radical (unpaired) electrons. The molecule has 240 valence electrons. The molecule has 2 fully saturated rings. The molecule has 0 spiro atoms. The fourth-order valence-corrected chi connectivity index (χ4v) is 4.88. The van der Waals surface area contributed by atoms with Gasteiger partial charge in [0.05, 0.1) is 24.8 Å². The van der Waals surface area contributed by atoms with Gasteiger partial charge in [-0.15, -0.1) is 0 Å². The van der Waals surface area contributed by atoms with Gasteiger partial charge in [0.1, 0.15) is 65.7 Å². The monoisotopic (exact) mass is 627 g/mol. The van der Waals surface area contributed by atoms with Gasteiger partial charge in [-0.1, -0.05) is 0 Å². The van der Waals surface area contributed by atoms with Crippen molar-refractivity contribution in [1.29, 1.82) is 0 Å². The van der Waals surface area contributed by atoms with Crippen molar-refractivity contribution in [3.8, 4) is 45.8 Å². The van der Waals surface area contributed by atoms with Crippen molar-refractivity contribution in [1.82, 2.24) is 0 Å². The molecule has 0 saturated carbocycles. The molecule has 2 aliphatic heterocycles. The summed E-state index contributed by atoms with van der Waals surface area (Å²) in [6.07, 6.45) is -16.9. The molecule has 0 bridgehead atoms. The zero-order valence-corrected chi connectivity index (χ0v) is 22.5. The first kappa shape index (κ1) is 31.7. The summed E-state index contributed by atoms with van der Waals surface area (Å²) >= 11 is 0. The van der Waals surface area contributed by atoms with Crippen LogP contribution in [0.4, 0.5) is 0 Å². The quantitative estimate of drug-likeness (QED) is 0.0987. The van der Waals surface area contributed by atoms with E-state index in [1.54, 1.807) is 0 Å². The van der Waals surface area contributed by atoms with E-state index in [0.717, 1.165) is 24.3 Å². The predicted octanol–water partition coefficient (Wildman–Crippen LogP) is -2.09. The van der Waals surface area contributed by atoms with E-state index in [0.29, 0.717) is 0 Å². The van der Waals surface area contributed by atoms with Gasteiger partial charge in [-0.2, -0.15) is 0 Å². The van der Waals surface area contributed by atoms with Crippen molar-refractivity contribution < 1.29 is 84.6 Å². The predicted molar refractivity (Wildman–Crippen MR) is 141 cm³/mol. The van der Waals surface area contributed by atoms with Crippen molar-refractivity contribution in [3.05, 3.63) is 30.3 Å². The molecule has 2 aliphatic rings. The van der Waals surface area contributed by atoms with Crippen LogP contribution in [-0.2, 0) is 14.2 Å². The summed E-state index contributed by atoms with van der Waals surface area (Å²) in [5, 5.41) is 122. The summed E-state index contributed by atoms with van der Waals surface area (Å²) in [4.78, 5) is 0. The number of hydrogen-bond acceptors (Lipinski definition) is 16. The highest BCUT2D eigenvalue weighted by molar-refractivity contribution is 5.88. The van der Waals surface area contributed by atoms with E-state index in [1.165, 1.54) is 6.07 Å². The Kier molecular flexibility index (Phi) is 8.87. The number of aliphatic hydroxyl groups excluding tert-OH is 7. The average Bonchev–Trinajstić information content (AvgIpc) is 2.98. The van der Waals surface area contributed by atoms with E-state index in [9.17, 15) is 61.3 Å². The van der Waals surface area contributed by atoms with Crippen LogP contribution in [0.5, 0.6) is 34.5 Å². The Morgan fingerprint density at radius 1 is 0.659 bits per heavy atom. The highest BCUT2D eigenvalue weighted by Crippen LogP contribution is 2.45. The van der Waals surface area contributed by atoms with Gasteiger partial charge in [0.15, 0.2) is 23.5 Å². The fraction of sp³-hybridized carbons (Fsp3) is 0.444. The molecule has 44 heavy (non-hydrogen) atoms. The zero-order valence-electron chi connectivity index (χ0n) is 22.5. The van der Waals surface area contributed by atoms with Crippen LogP contribution in [0.1, 0.15) is 0 Å². The third-order valence-corrected chi connectivity index (χ3v) is 7.33. The van der Waals surface area contributed by atoms with Crippen LogP contribution >= 0.6 is 0 Å². The molecule has 17 heteroatoms. The Morgan fingerprint density at radius 3 is 1.89 bits per heavy atom. The number of rotatable bonds is 7. The summed E-state index contributed by atoms with van der Waals surface area (Å²) in [5.74, 6) is -3.76. The van der Waals surface area contributed by atoms with Gasteiger partial charge in [0, 0.05) is 24.3 Å². The maximum atomic E-state index is 10.7. The minimum Gasteiger partial charge on any atom is -0.507 e. The van der Waals surface area contributed by atoms with E-state index in [1.807, 2.05) is 0 Å². The summed E-state index contributed by atoms with van der Waals surface area (Å²) < 4.78 is 27.9. The van der Waals surface area contributed by atoms with Gasteiger partial charge in [-0.25, -0.2) is 4.42 Å². The van der Waals surface area contributed by atoms with Crippen LogP contribution in [0, 0.1) is 0 Å². The number of aliphatic hydroxyl groups is 7. The number of ether oxygens (including phenoxy) is 4. The Bertz CT molecular complexity index is 1470. The zero-order chi connectivity index (χ0) is 32.0. The van der Waals surface area contributed by atoms with E-state index in [2.05, 4.69) is 0 Å². The first-order chi connectivity index (χ1) is 20.8. The van der Waals surface area contributed by atoms with Gasteiger partial charge in [0.25, 0.3) is 0 Å². The minimum atomic E-state index is -1.91. The number of hydrogen-bond donors (Lipinski definition) is 12. The molecule has 12 N–H and O–H groups in total. The molecule has 3 heterocycles. The van der Waals surface area contributed by atoms with Crippen molar-refractivity contribution in [2.24, 2.45) is 0 Å². The second-order valence-corrected chi connectivity index (χ2v) is 10.3. The summed E-state index contributed by atoms with van der Waals surface area (Å²) in [6.45, 7) is -1.36. The molecule has 1 aromatic heterocycles. The lowest BCUT2D eigenvalue weighted by atomic mass is 9.98. The third kappa shape index (κ3) is 5.85. The Hall–Kier alpha value is -3.75. The maximum Gasteiger partial charge on any atom is 0.402 e. The van der Waals surface area contributed by atoms with Crippen LogP contribution in [0.3, 0.4) is 0 Å². The number of phenols is 5. The lowest BCUT2D eigenvalue weighted by Crippen LogP contribution is -2.62. The van der Waals surface area contributed by atoms with E-state index in [4.69, 9.17) is 23.4 Å². The molecule has 3 aromatic rings. The molecule has 0 unspecified atom stereocenters. The molecule has 2 saturated heterocycles. The summed E-state index contributed by atoms with van der Waals surface area (Å²) in [7, 11) is 0. The highest BCUT2D eigenvalue weighted by Gasteiger charge is 2.48. The van der Waals surface area contributed by atoms with Gasteiger partial charge in [-0.3, -0.25) is 0 Å². The van der Waals surface area contributed by atoms with Crippen LogP contribution in [-0.4, -0.2) is 136 Å². The van der Waals surface area contributed by atoms with Crippen LogP contribution in [0.2, 0.25) is 0 Å². The maximum absolute atomic E-state index is 10.7. The molecule has 17 nitrogen and oxygen atoms in total. The third-order valence-electron chi connectivity index (χ3n) is 7.33. The van der Waals surface area contributed by atoms with Gasteiger partial charge >= 0.3 is 11.3 Å². The minimum absolute atomic E-state index is 0.0119. The summed E-state index contributed by atoms with van der Waals surface area (Å²) in [6, 6.07) is 5.31. The molecular weight excluding hydrogens is 596 g/mol. The standard InChI is InChI=1S/C27H30O17/c28-6-16-19(34)21(36)23(38)26(43-16)40-7-17-20(35)22(37)24(39)27(44-17)42-15-5-10-11(30)3-9(29)4-14(10)41-25(15)8-1-12(31)18(33)13(32)2-8/h1-5,16-17,19-24,26-28,34-39H,6-7H2,(H4-,29,30,31,32,33)/p+1/t16-,17-,19-,20-,21+,22+,23-,24-,26-,27-/m1/s1. The van der Waals surface area contributed by atoms with Gasteiger partial charge in [-0.05, 0) is 0 Å². The first-order valence-electron chi connectivity index (χ1n) is 13.2. The second kappa shape index (κ2) is 12.3.